The highest BCUT2D eigenvalue weighted by atomic mass is 16.5. The average Bonchev–Trinajstić information content (AvgIpc) is 2.89. The minimum atomic E-state index is -0.590. The first-order chi connectivity index (χ1) is 9.65. The van der Waals surface area contributed by atoms with Crippen LogP contribution in [0.4, 0.5) is 11.6 Å². The number of carbonyl (C=O) groups excluding carboxylic acids is 2. The van der Waals surface area contributed by atoms with Crippen molar-refractivity contribution in [2.75, 3.05) is 23.7 Å². The number of rotatable bonds is 2. The molecule has 20 heavy (non-hydrogen) atoms. The third-order valence-electron chi connectivity index (χ3n) is 3.04. The van der Waals surface area contributed by atoms with Gasteiger partial charge in [-0.3, -0.25) is 9.59 Å². The molecule has 3 rings (SSSR count). The largest absolute Gasteiger partial charge is 0.368 e. The molecule has 1 aromatic heterocycles. The number of nitrogens with zero attached hydrogens (tertiary/aromatic N) is 2. The van der Waals surface area contributed by atoms with E-state index in [0.717, 1.165) is 5.56 Å². The molecule has 0 bridgehead atoms. The molecule has 1 aliphatic rings. The molecule has 1 fully saturated rings. The number of amides is 2. The van der Waals surface area contributed by atoms with Crippen LogP contribution in [0.3, 0.4) is 0 Å². The van der Waals surface area contributed by atoms with Crippen molar-refractivity contribution in [1.29, 1.82) is 0 Å². The first kappa shape index (κ1) is 12.2. The van der Waals surface area contributed by atoms with E-state index in [-0.39, 0.29) is 5.88 Å². The van der Waals surface area contributed by atoms with Crippen LogP contribution in [0, 0.1) is 0 Å². The van der Waals surface area contributed by atoms with Gasteiger partial charge in [0.25, 0.3) is 0 Å². The predicted octanol–water partition coefficient (Wildman–Crippen LogP) is 0.387. The standard InChI is InChI=1S/C13H12N4O3/c14-11-7-10(16-20-11)8-2-1-3-9(6-8)17-5-4-15-12(18)13(17)19/h1-3,6-7H,4-5,14H2,(H,15,18). The van der Waals surface area contributed by atoms with Gasteiger partial charge in [0.05, 0.1) is 0 Å². The minimum Gasteiger partial charge on any atom is -0.368 e. The van der Waals surface area contributed by atoms with Gasteiger partial charge < -0.3 is 20.5 Å². The van der Waals surface area contributed by atoms with Gasteiger partial charge in [-0.05, 0) is 12.1 Å². The van der Waals surface area contributed by atoms with E-state index in [9.17, 15) is 9.59 Å². The van der Waals surface area contributed by atoms with Crippen LogP contribution in [-0.2, 0) is 9.59 Å². The van der Waals surface area contributed by atoms with Crippen LogP contribution in [0.1, 0.15) is 0 Å². The number of nitrogens with two attached hydrogens (primary N) is 1. The molecular formula is C13H12N4O3. The van der Waals surface area contributed by atoms with E-state index in [1.807, 2.05) is 6.07 Å². The van der Waals surface area contributed by atoms with Gasteiger partial charge in [0.1, 0.15) is 5.69 Å². The summed E-state index contributed by atoms with van der Waals surface area (Å²) in [5.74, 6) is -0.931. The Balaban J connectivity index is 1.95. The summed E-state index contributed by atoms with van der Waals surface area (Å²) in [6, 6.07) is 8.76. The lowest BCUT2D eigenvalue weighted by atomic mass is 10.1. The SMILES string of the molecule is Nc1cc(-c2cccc(N3CCNC(=O)C3=O)c2)no1. The Hall–Kier alpha value is -2.83. The predicted molar refractivity (Wildman–Crippen MR) is 71.7 cm³/mol. The molecule has 2 aromatic rings. The minimum absolute atomic E-state index is 0.221. The summed E-state index contributed by atoms with van der Waals surface area (Å²) in [6.45, 7) is 0.876. The van der Waals surface area contributed by atoms with Crippen molar-refractivity contribution in [2.45, 2.75) is 0 Å². The highest BCUT2D eigenvalue weighted by Gasteiger charge is 2.27. The second kappa shape index (κ2) is 4.69. The maximum Gasteiger partial charge on any atom is 0.316 e. The number of nitrogen functional groups attached to an aromatic ring is 1. The van der Waals surface area contributed by atoms with Crippen molar-refractivity contribution >= 4 is 23.4 Å². The Morgan fingerprint density at radius 2 is 2.15 bits per heavy atom. The van der Waals surface area contributed by atoms with Crippen LogP contribution in [0.5, 0.6) is 0 Å². The molecule has 7 heteroatoms. The normalized spacial score (nSPS) is 15.3. The number of carbonyl (C=O) groups is 2. The number of anilines is 2. The van der Waals surface area contributed by atoms with E-state index in [0.29, 0.717) is 24.5 Å². The summed E-state index contributed by atoms with van der Waals surface area (Å²) in [7, 11) is 0. The van der Waals surface area contributed by atoms with Crippen LogP contribution >= 0.6 is 0 Å². The molecule has 102 valence electrons. The number of hydrogen-bond acceptors (Lipinski definition) is 5. The van der Waals surface area contributed by atoms with E-state index in [4.69, 9.17) is 10.3 Å². The van der Waals surface area contributed by atoms with Gasteiger partial charge in [0, 0.05) is 30.4 Å². The zero-order chi connectivity index (χ0) is 14.1. The molecular weight excluding hydrogens is 260 g/mol. The fourth-order valence-corrected chi connectivity index (χ4v) is 2.09. The lowest BCUT2D eigenvalue weighted by Crippen LogP contribution is -2.52. The molecule has 0 unspecified atom stereocenters. The summed E-state index contributed by atoms with van der Waals surface area (Å²) in [6.07, 6.45) is 0. The number of aromatic nitrogens is 1. The zero-order valence-corrected chi connectivity index (χ0v) is 10.5. The Labute approximate surface area is 114 Å². The Morgan fingerprint density at radius 3 is 2.90 bits per heavy atom. The molecule has 0 spiro atoms. The van der Waals surface area contributed by atoms with Gasteiger partial charge in [-0.25, -0.2) is 0 Å². The van der Waals surface area contributed by atoms with E-state index < -0.39 is 11.8 Å². The Kier molecular flexibility index (Phi) is 2.86. The smallest absolute Gasteiger partial charge is 0.316 e. The quantitative estimate of drug-likeness (QED) is 0.770. The molecule has 1 saturated heterocycles. The first-order valence-corrected chi connectivity index (χ1v) is 6.07. The number of piperazine rings is 1. The summed E-state index contributed by atoms with van der Waals surface area (Å²) < 4.78 is 4.83. The third-order valence-corrected chi connectivity index (χ3v) is 3.04. The molecule has 1 aliphatic heterocycles. The zero-order valence-electron chi connectivity index (χ0n) is 10.5. The van der Waals surface area contributed by atoms with Gasteiger partial charge in [-0.15, -0.1) is 0 Å². The summed E-state index contributed by atoms with van der Waals surface area (Å²) in [5, 5.41) is 6.33. The van der Waals surface area contributed by atoms with E-state index in [1.165, 1.54) is 4.90 Å². The van der Waals surface area contributed by atoms with Crippen molar-refractivity contribution in [2.24, 2.45) is 0 Å². The molecule has 7 nitrogen and oxygen atoms in total. The van der Waals surface area contributed by atoms with E-state index >= 15 is 0 Å². The van der Waals surface area contributed by atoms with Crippen molar-refractivity contribution in [1.82, 2.24) is 10.5 Å². The van der Waals surface area contributed by atoms with Crippen molar-refractivity contribution in [3.63, 3.8) is 0 Å². The monoisotopic (exact) mass is 272 g/mol. The van der Waals surface area contributed by atoms with Gasteiger partial charge in [-0.2, -0.15) is 0 Å². The van der Waals surface area contributed by atoms with Gasteiger partial charge >= 0.3 is 11.8 Å². The average molecular weight is 272 g/mol. The molecule has 0 saturated carbocycles. The van der Waals surface area contributed by atoms with Crippen LogP contribution in [0.2, 0.25) is 0 Å². The lowest BCUT2D eigenvalue weighted by molar-refractivity contribution is -0.138. The van der Waals surface area contributed by atoms with Crippen LogP contribution < -0.4 is 16.0 Å². The number of nitrogens with one attached hydrogen (secondary N) is 1. The second-order valence-corrected chi connectivity index (χ2v) is 4.38. The summed E-state index contributed by atoms with van der Waals surface area (Å²) in [4.78, 5) is 24.7. The lowest BCUT2D eigenvalue weighted by Gasteiger charge is -2.26. The highest BCUT2D eigenvalue weighted by molar-refractivity contribution is 6.41. The second-order valence-electron chi connectivity index (χ2n) is 4.38. The Bertz CT molecular complexity index is 680. The molecule has 2 amide bonds. The first-order valence-electron chi connectivity index (χ1n) is 6.07. The molecule has 2 heterocycles. The number of hydrogen-bond donors (Lipinski definition) is 2. The third kappa shape index (κ3) is 2.09. The fraction of sp³-hybridized carbons (Fsp3) is 0.154. The molecule has 1 aromatic carbocycles. The summed E-state index contributed by atoms with van der Waals surface area (Å²) >= 11 is 0. The van der Waals surface area contributed by atoms with E-state index in [1.54, 1.807) is 24.3 Å². The van der Waals surface area contributed by atoms with Crippen molar-refractivity contribution in [3.05, 3.63) is 30.3 Å². The molecule has 0 atom stereocenters. The Morgan fingerprint density at radius 1 is 1.30 bits per heavy atom. The maximum atomic E-state index is 11.8. The molecule has 3 N–H and O–H groups in total. The molecule has 0 radical (unpaired) electrons. The number of benzene rings is 1. The fourth-order valence-electron chi connectivity index (χ4n) is 2.09. The highest BCUT2D eigenvalue weighted by Crippen LogP contribution is 2.25. The maximum absolute atomic E-state index is 11.8. The van der Waals surface area contributed by atoms with Gasteiger partial charge in [-0.1, -0.05) is 17.3 Å². The van der Waals surface area contributed by atoms with E-state index in [2.05, 4.69) is 10.5 Å². The molecule has 0 aliphatic carbocycles. The topological polar surface area (TPSA) is 101 Å². The van der Waals surface area contributed by atoms with Crippen molar-refractivity contribution in [3.8, 4) is 11.3 Å². The van der Waals surface area contributed by atoms with Gasteiger partial charge in [0.15, 0.2) is 0 Å². The van der Waals surface area contributed by atoms with Crippen LogP contribution in [0.15, 0.2) is 34.9 Å². The van der Waals surface area contributed by atoms with Crippen LogP contribution in [-0.4, -0.2) is 30.1 Å². The van der Waals surface area contributed by atoms with Crippen molar-refractivity contribution < 1.29 is 14.1 Å². The summed E-state index contributed by atoms with van der Waals surface area (Å²) in [5.41, 5.74) is 7.48. The van der Waals surface area contributed by atoms with Crippen LogP contribution in [0.25, 0.3) is 11.3 Å². The van der Waals surface area contributed by atoms with Gasteiger partial charge in [0.2, 0.25) is 5.88 Å².